The molecule has 3 rings (SSSR count). The van der Waals surface area contributed by atoms with Gasteiger partial charge in [-0.1, -0.05) is 30.7 Å². The summed E-state index contributed by atoms with van der Waals surface area (Å²) in [5.41, 5.74) is 4.08. The third-order valence-electron chi connectivity index (χ3n) is 5.01. The Balaban J connectivity index is 1.48. The molecule has 1 aliphatic rings. The molecule has 0 amide bonds. The van der Waals surface area contributed by atoms with Gasteiger partial charge in [-0.15, -0.1) is 0 Å². The van der Waals surface area contributed by atoms with Crippen molar-refractivity contribution >= 4 is 22.6 Å². The quantitative estimate of drug-likeness (QED) is 0.632. The van der Waals surface area contributed by atoms with Crippen LogP contribution in [0.25, 0.3) is 0 Å². The van der Waals surface area contributed by atoms with Gasteiger partial charge >= 0.3 is 0 Å². The zero-order chi connectivity index (χ0) is 19.2. The van der Waals surface area contributed by atoms with Gasteiger partial charge in [-0.3, -0.25) is 4.99 Å². The Morgan fingerprint density at radius 2 is 2.00 bits per heavy atom. The molecule has 0 spiro atoms. The largest absolute Gasteiger partial charge is 0.356 e. The van der Waals surface area contributed by atoms with Crippen LogP contribution >= 0.6 is 11.5 Å². The standard InChI is InChI=1S/C20H30N6S/c1-5-18-23-20(27-24-18)26-12-10-25(11-13-26)19(21-4)22-9-8-17-7-6-15(2)14-16(17)3/h6-7,14H,5,8-13H2,1-4H3,(H,21,22). The molecule has 0 atom stereocenters. The fraction of sp³-hybridized carbons (Fsp3) is 0.550. The van der Waals surface area contributed by atoms with Crippen LogP contribution in [-0.2, 0) is 12.8 Å². The minimum absolute atomic E-state index is 0.896. The van der Waals surface area contributed by atoms with Crippen LogP contribution in [0.5, 0.6) is 0 Å². The number of hydrogen-bond acceptors (Lipinski definition) is 5. The first-order valence-electron chi connectivity index (χ1n) is 9.70. The van der Waals surface area contributed by atoms with Crippen LogP contribution in [0.15, 0.2) is 23.2 Å². The Kier molecular flexibility index (Phi) is 6.66. The molecular formula is C20H30N6S. The van der Waals surface area contributed by atoms with E-state index in [1.165, 1.54) is 28.2 Å². The minimum atomic E-state index is 0.896. The number of hydrogen-bond donors (Lipinski definition) is 1. The molecule has 1 saturated heterocycles. The summed E-state index contributed by atoms with van der Waals surface area (Å²) in [6.45, 7) is 11.1. The number of nitrogens with zero attached hydrogens (tertiary/aromatic N) is 5. The summed E-state index contributed by atoms with van der Waals surface area (Å²) in [7, 11) is 1.87. The molecule has 2 heterocycles. The first-order chi connectivity index (χ1) is 13.1. The number of aliphatic imine (C=N–C) groups is 1. The molecule has 0 bridgehead atoms. The van der Waals surface area contributed by atoms with Crippen molar-refractivity contribution < 1.29 is 0 Å². The average Bonchev–Trinajstić information content (AvgIpc) is 3.16. The highest BCUT2D eigenvalue weighted by Gasteiger charge is 2.21. The van der Waals surface area contributed by atoms with E-state index in [2.05, 4.69) is 68.4 Å². The van der Waals surface area contributed by atoms with E-state index in [0.29, 0.717) is 0 Å². The van der Waals surface area contributed by atoms with Crippen LogP contribution in [0.1, 0.15) is 29.4 Å². The molecule has 1 fully saturated rings. The number of anilines is 1. The van der Waals surface area contributed by atoms with Crippen LogP contribution in [0.2, 0.25) is 0 Å². The molecule has 0 saturated carbocycles. The van der Waals surface area contributed by atoms with Gasteiger partial charge in [0, 0.05) is 57.7 Å². The van der Waals surface area contributed by atoms with Gasteiger partial charge in [0.1, 0.15) is 5.82 Å². The molecule has 1 aromatic carbocycles. The van der Waals surface area contributed by atoms with Gasteiger partial charge < -0.3 is 15.1 Å². The first-order valence-corrected chi connectivity index (χ1v) is 10.5. The Hall–Kier alpha value is -2.15. The van der Waals surface area contributed by atoms with Crippen molar-refractivity contribution in [1.82, 2.24) is 19.6 Å². The molecule has 0 aliphatic carbocycles. The number of guanidine groups is 1. The lowest BCUT2D eigenvalue weighted by atomic mass is 10.0. The van der Waals surface area contributed by atoms with E-state index in [9.17, 15) is 0 Å². The molecule has 146 valence electrons. The Bertz CT molecular complexity index is 777. The summed E-state index contributed by atoms with van der Waals surface area (Å²) in [5.74, 6) is 1.94. The third-order valence-corrected chi connectivity index (χ3v) is 5.83. The fourth-order valence-electron chi connectivity index (χ4n) is 3.39. The molecule has 0 radical (unpaired) electrons. The summed E-state index contributed by atoms with van der Waals surface area (Å²) in [6.07, 6.45) is 1.91. The van der Waals surface area contributed by atoms with Gasteiger partial charge in [-0.05, 0) is 31.4 Å². The number of benzene rings is 1. The maximum Gasteiger partial charge on any atom is 0.205 e. The molecule has 1 N–H and O–H groups in total. The summed E-state index contributed by atoms with van der Waals surface area (Å²) in [5, 5.41) is 4.57. The maximum atomic E-state index is 4.61. The highest BCUT2D eigenvalue weighted by Crippen LogP contribution is 2.19. The van der Waals surface area contributed by atoms with Crippen LogP contribution in [0, 0.1) is 13.8 Å². The second-order valence-corrected chi connectivity index (χ2v) is 7.71. The number of piperazine rings is 1. The molecule has 2 aromatic rings. The minimum Gasteiger partial charge on any atom is -0.356 e. The SMILES string of the molecule is CCc1nsc(N2CCN(C(=NC)NCCc3ccc(C)cc3C)CC2)n1. The van der Waals surface area contributed by atoms with Crippen LogP contribution < -0.4 is 10.2 Å². The van der Waals surface area contributed by atoms with Crippen LogP contribution in [0.4, 0.5) is 5.13 Å². The zero-order valence-electron chi connectivity index (χ0n) is 16.8. The number of aryl methyl sites for hydroxylation is 3. The van der Waals surface area contributed by atoms with Crippen molar-refractivity contribution in [3.8, 4) is 0 Å². The maximum absolute atomic E-state index is 4.61. The zero-order valence-corrected chi connectivity index (χ0v) is 17.6. The first kappa shape index (κ1) is 19.6. The summed E-state index contributed by atoms with van der Waals surface area (Å²) in [6, 6.07) is 6.68. The van der Waals surface area contributed by atoms with Crippen molar-refractivity contribution in [3.05, 3.63) is 40.7 Å². The molecule has 6 nitrogen and oxygen atoms in total. The lowest BCUT2D eigenvalue weighted by Gasteiger charge is -2.36. The van der Waals surface area contributed by atoms with Crippen molar-refractivity contribution in [1.29, 1.82) is 0 Å². The normalized spacial score (nSPS) is 15.3. The van der Waals surface area contributed by atoms with Gasteiger partial charge in [0.25, 0.3) is 0 Å². The van der Waals surface area contributed by atoms with Gasteiger partial charge in [0.2, 0.25) is 5.13 Å². The monoisotopic (exact) mass is 386 g/mol. The molecule has 27 heavy (non-hydrogen) atoms. The van der Waals surface area contributed by atoms with E-state index >= 15 is 0 Å². The van der Waals surface area contributed by atoms with Crippen molar-refractivity contribution in [2.75, 3.05) is 44.7 Å². The van der Waals surface area contributed by atoms with Gasteiger partial charge in [-0.2, -0.15) is 4.37 Å². The van der Waals surface area contributed by atoms with Gasteiger partial charge in [0.15, 0.2) is 5.96 Å². The second-order valence-electron chi connectivity index (χ2n) is 6.97. The lowest BCUT2D eigenvalue weighted by Crippen LogP contribution is -2.52. The summed E-state index contributed by atoms with van der Waals surface area (Å²) < 4.78 is 4.40. The van der Waals surface area contributed by atoms with E-state index in [1.807, 2.05) is 7.05 Å². The Labute approximate surface area is 166 Å². The molecular weight excluding hydrogens is 356 g/mol. The van der Waals surface area contributed by atoms with E-state index in [0.717, 1.165) is 62.5 Å². The Morgan fingerprint density at radius 3 is 2.63 bits per heavy atom. The topological polar surface area (TPSA) is 56.7 Å². The molecule has 0 unspecified atom stereocenters. The average molecular weight is 387 g/mol. The third kappa shape index (κ3) is 4.97. The number of aromatic nitrogens is 2. The summed E-state index contributed by atoms with van der Waals surface area (Å²) in [4.78, 5) is 13.8. The summed E-state index contributed by atoms with van der Waals surface area (Å²) >= 11 is 1.51. The predicted octanol–water partition coefficient (Wildman–Crippen LogP) is 2.66. The van der Waals surface area contributed by atoms with E-state index in [-0.39, 0.29) is 0 Å². The predicted molar refractivity (Wildman–Crippen MR) is 114 cm³/mol. The van der Waals surface area contributed by atoms with Gasteiger partial charge in [0.05, 0.1) is 0 Å². The smallest absolute Gasteiger partial charge is 0.205 e. The molecule has 7 heteroatoms. The highest BCUT2D eigenvalue weighted by atomic mass is 32.1. The van der Waals surface area contributed by atoms with E-state index in [1.54, 1.807) is 0 Å². The van der Waals surface area contributed by atoms with Gasteiger partial charge in [-0.25, -0.2) is 4.98 Å². The fourth-order valence-corrected chi connectivity index (χ4v) is 4.20. The van der Waals surface area contributed by atoms with E-state index < -0.39 is 0 Å². The van der Waals surface area contributed by atoms with Crippen molar-refractivity contribution in [2.24, 2.45) is 4.99 Å². The number of nitrogens with one attached hydrogen (secondary N) is 1. The Morgan fingerprint density at radius 1 is 1.22 bits per heavy atom. The van der Waals surface area contributed by atoms with E-state index in [4.69, 9.17) is 0 Å². The van der Waals surface area contributed by atoms with Crippen LogP contribution in [0.3, 0.4) is 0 Å². The van der Waals surface area contributed by atoms with Crippen LogP contribution in [-0.4, -0.2) is 60.0 Å². The number of rotatable bonds is 5. The molecule has 1 aromatic heterocycles. The highest BCUT2D eigenvalue weighted by molar-refractivity contribution is 7.09. The van der Waals surface area contributed by atoms with Crippen molar-refractivity contribution in [3.63, 3.8) is 0 Å². The lowest BCUT2D eigenvalue weighted by molar-refractivity contribution is 0.372. The second kappa shape index (κ2) is 9.17. The molecule has 1 aliphatic heterocycles. The van der Waals surface area contributed by atoms with Crippen molar-refractivity contribution in [2.45, 2.75) is 33.6 Å².